The number of rotatable bonds is 4. The minimum absolute atomic E-state index is 0.0761. The minimum atomic E-state index is -0.235. The number of nitrogens with one attached hydrogen (secondary N) is 1. The maximum Gasteiger partial charge on any atom is 0.273 e. The highest BCUT2D eigenvalue weighted by Crippen LogP contribution is 2.44. The molecule has 1 aliphatic rings. The molecule has 82 valence electrons. The average Bonchev–Trinajstić information content (AvgIpc) is 2.91. The average molecular weight is 210 g/mol. The number of carbonyl (C=O) groups excluding carboxylic acids is 1. The molecule has 0 spiro atoms. The van der Waals surface area contributed by atoms with Crippen LogP contribution in [0.1, 0.15) is 29.1 Å². The molecule has 0 radical (unpaired) electrons. The molecule has 0 aliphatic heterocycles. The first-order valence-electron chi connectivity index (χ1n) is 4.96. The largest absolute Gasteiger partial charge is 0.448 e. The van der Waals surface area contributed by atoms with Gasteiger partial charge in [0.1, 0.15) is 5.76 Å². The Bertz CT molecular complexity index is 368. The number of nitrogens with zero attached hydrogens (tertiary/aromatic N) is 1. The molecule has 1 saturated carbocycles. The van der Waals surface area contributed by atoms with E-state index in [2.05, 4.69) is 10.3 Å². The van der Waals surface area contributed by atoms with Crippen LogP contribution in [0, 0.1) is 12.3 Å². The lowest BCUT2D eigenvalue weighted by molar-refractivity contribution is 0.0929. The van der Waals surface area contributed by atoms with Gasteiger partial charge in [-0.2, -0.15) is 0 Å². The first-order valence-corrected chi connectivity index (χ1v) is 4.96. The highest BCUT2D eigenvalue weighted by molar-refractivity contribution is 5.93. The molecule has 1 aromatic heterocycles. The van der Waals surface area contributed by atoms with Crippen LogP contribution in [-0.4, -0.2) is 29.1 Å². The van der Waals surface area contributed by atoms with E-state index in [-0.39, 0.29) is 17.9 Å². The third kappa shape index (κ3) is 2.02. The Morgan fingerprint density at radius 2 is 2.47 bits per heavy atom. The molecule has 5 heteroatoms. The summed E-state index contributed by atoms with van der Waals surface area (Å²) in [5.74, 6) is 0.280. The zero-order valence-corrected chi connectivity index (χ0v) is 8.62. The summed E-state index contributed by atoms with van der Waals surface area (Å²) in [5.41, 5.74) is 0.247. The zero-order chi connectivity index (χ0) is 10.9. The molecular formula is C10H14N2O3. The molecule has 1 fully saturated rings. The monoisotopic (exact) mass is 210 g/mol. The third-order valence-corrected chi connectivity index (χ3v) is 2.88. The maximum absolute atomic E-state index is 11.6. The van der Waals surface area contributed by atoms with Gasteiger partial charge in [0.15, 0.2) is 12.1 Å². The standard InChI is InChI=1S/C10H14N2O3/c1-7-8(12-6-15-7)9(14)11-4-10(5-13)2-3-10/h6,13H,2-5H2,1H3,(H,11,14). The topological polar surface area (TPSA) is 75.4 Å². The van der Waals surface area contributed by atoms with Gasteiger partial charge in [0, 0.05) is 12.0 Å². The van der Waals surface area contributed by atoms with Gasteiger partial charge in [-0.3, -0.25) is 4.79 Å². The number of aromatic nitrogens is 1. The van der Waals surface area contributed by atoms with Crippen LogP contribution in [0.3, 0.4) is 0 Å². The van der Waals surface area contributed by atoms with Gasteiger partial charge < -0.3 is 14.8 Å². The molecule has 0 aromatic carbocycles. The van der Waals surface area contributed by atoms with Gasteiger partial charge >= 0.3 is 0 Å². The van der Waals surface area contributed by atoms with E-state index in [0.717, 1.165) is 12.8 Å². The number of oxazole rings is 1. The smallest absolute Gasteiger partial charge is 0.273 e. The van der Waals surface area contributed by atoms with Gasteiger partial charge in [-0.25, -0.2) is 4.98 Å². The lowest BCUT2D eigenvalue weighted by Gasteiger charge is -2.11. The van der Waals surface area contributed by atoms with Crippen LogP contribution >= 0.6 is 0 Å². The van der Waals surface area contributed by atoms with Crippen molar-refractivity contribution in [2.24, 2.45) is 5.41 Å². The molecule has 0 unspecified atom stereocenters. The fourth-order valence-electron chi connectivity index (χ4n) is 1.44. The summed E-state index contributed by atoms with van der Waals surface area (Å²) < 4.78 is 4.94. The molecule has 2 N–H and O–H groups in total. The van der Waals surface area contributed by atoms with Gasteiger partial charge in [0.2, 0.25) is 0 Å². The highest BCUT2D eigenvalue weighted by Gasteiger charge is 2.42. The fourth-order valence-corrected chi connectivity index (χ4v) is 1.44. The summed E-state index contributed by atoms with van der Waals surface area (Å²) in [7, 11) is 0. The number of aryl methyl sites for hydroxylation is 1. The molecule has 1 heterocycles. The van der Waals surface area contributed by atoms with Crippen LogP contribution in [0.2, 0.25) is 0 Å². The predicted molar refractivity (Wildman–Crippen MR) is 52.3 cm³/mol. The van der Waals surface area contributed by atoms with E-state index in [9.17, 15) is 4.79 Å². The second-order valence-corrected chi connectivity index (χ2v) is 4.10. The number of hydrogen-bond donors (Lipinski definition) is 2. The molecule has 1 aliphatic carbocycles. The molecular weight excluding hydrogens is 196 g/mol. The minimum Gasteiger partial charge on any atom is -0.448 e. The number of aliphatic hydroxyl groups is 1. The second kappa shape index (κ2) is 3.66. The molecule has 1 amide bonds. The van der Waals surface area contributed by atoms with Crippen LogP contribution < -0.4 is 5.32 Å². The van der Waals surface area contributed by atoms with Crippen LogP contribution in [0.15, 0.2) is 10.8 Å². The normalized spacial score (nSPS) is 17.5. The summed E-state index contributed by atoms with van der Waals surface area (Å²) >= 11 is 0. The molecule has 0 bridgehead atoms. The Morgan fingerprint density at radius 3 is 2.93 bits per heavy atom. The number of aliphatic hydroxyl groups excluding tert-OH is 1. The number of amides is 1. The molecule has 0 saturated heterocycles. The van der Waals surface area contributed by atoms with E-state index in [4.69, 9.17) is 9.52 Å². The van der Waals surface area contributed by atoms with E-state index in [0.29, 0.717) is 18.0 Å². The third-order valence-electron chi connectivity index (χ3n) is 2.88. The van der Waals surface area contributed by atoms with Crippen molar-refractivity contribution in [1.29, 1.82) is 0 Å². The predicted octanol–water partition coefficient (Wildman–Crippen LogP) is 0.485. The van der Waals surface area contributed by atoms with Crippen LogP contribution in [0.5, 0.6) is 0 Å². The van der Waals surface area contributed by atoms with Crippen LogP contribution in [0.4, 0.5) is 0 Å². The summed E-state index contributed by atoms with van der Waals surface area (Å²) in [4.78, 5) is 15.4. The lowest BCUT2D eigenvalue weighted by Crippen LogP contribution is -2.32. The molecule has 15 heavy (non-hydrogen) atoms. The van der Waals surface area contributed by atoms with Gasteiger partial charge in [0.25, 0.3) is 5.91 Å². The second-order valence-electron chi connectivity index (χ2n) is 4.10. The lowest BCUT2D eigenvalue weighted by atomic mass is 10.1. The van der Waals surface area contributed by atoms with Crippen LogP contribution in [-0.2, 0) is 0 Å². The summed E-state index contributed by atoms with van der Waals surface area (Å²) in [5, 5.41) is 11.8. The first-order chi connectivity index (χ1) is 7.17. The van der Waals surface area contributed by atoms with Gasteiger partial charge in [-0.05, 0) is 19.8 Å². The first kappa shape index (κ1) is 10.2. The Morgan fingerprint density at radius 1 is 1.73 bits per heavy atom. The zero-order valence-electron chi connectivity index (χ0n) is 8.62. The van der Waals surface area contributed by atoms with Crippen molar-refractivity contribution in [1.82, 2.24) is 10.3 Å². The van der Waals surface area contributed by atoms with Crippen molar-refractivity contribution in [3.63, 3.8) is 0 Å². The Labute approximate surface area is 87.5 Å². The summed E-state index contributed by atoms with van der Waals surface area (Å²) in [6.07, 6.45) is 3.20. The molecule has 2 rings (SSSR count). The van der Waals surface area contributed by atoms with Gasteiger partial charge in [-0.15, -0.1) is 0 Å². The number of carbonyl (C=O) groups is 1. The van der Waals surface area contributed by atoms with E-state index >= 15 is 0 Å². The Balaban J connectivity index is 1.91. The van der Waals surface area contributed by atoms with Crippen molar-refractivity contribution < 1.29 is 14.3 Å². The van der Waals surface area contributed by atoms with Crippen LogP contribution in [0.25, 0.3) is 0 Å². The molecule has 1 aromatic rings. The van der Waals surface area contributed by atoms with Gasteiger partial charge in [-0.1, -0.05) is 0 Å². The van der Waals surface area contributed by atoms with Crippen molar-refractivity contribution in [3.8, 4) is 0 Å². The van der Waals surface area contributed by atoms with Gasteiger partial charge in [0.05, 0.1) is 6.61 Å². The SMILES string of the molecule is Cc1ocnc1C(=O)NCC1(CO)CC1. The van der Waals surface area contributed by atoms with Crippen molar-refractivity contribution >= 4 is 5.91 Å². The number of hydrogen-bond acceptors (Lipinski definition) is 4. The van der Waals surface area contributed by atoms with E-state index in [1.165, 1.54) is 6.39 Å². The molecule has 5 nitrogen and oxygen atoms in total. The van der Waals surface area contributed by atoms with E-state index < -0.39 is 0 Å². The van der Waals surface area contributed by atoms with Crippen molar-refractivity contribution in [2.45, 2.75) is 19.8 Å². The highest BCUT2D eigenvalue weighted by atomic mass is 16.3. The Kier molecular flexibility index (Phi) is 2.48. The maximum atomic E-state index is 11.6. The van der Waals surface area contributed by atoms with E-state index in [1.54, 1.807) is 6.92 Å². The quantitative estimate of drug-likeness (QED) is 0.758. The molecule has 0 atom stereocenters. The Hall–Kier alpha value is -1.36. The van der Waals surface area contributed by atoms with Crippen molar-refractivity contribution in [2.75, 3.05) is 13.2 Å². The van der Waals surface area contributed by atoms with Crippen molar-refractivity contribution in [3.05, 3.63) is 17.8 Å². The fraction of sp³-hybridized carbons (Fsp3) is 0.600. The summed E-state index contributed by atoms with van der Waals surface area (Å²) in [6.45, 7) is 2.33. The van der Waals surface area contributed by atoms with E-state index in [1.807, 2.05) is 0 Å². The summed E-state index contributed by atoms with van der Waals surface area (Å²) in [6, 6.07) is 0.